The van der Waals surface area contributed by atoms with Crippen molar-refractivity contribution in [2.75, 3.05) is 7.11 Å². The third-order valence-electron chi connectivity index (χ3n) is 2.93. The Hall–Kier alpha value is -1.54. The summed E-state index contributed by atoms with van der Waals surface area (Å²) in [5.74, 6) is 0.767. The molecule has 94 valence electrons. The van der Waals surface area contributed by atoms with Crippen molar-refractivity contribution >= 4 is 21.8 Å². The molecule has 1 aromatic carbocycles. The number of carbonyl (C=O) groups excluding carboxylic acids is 1. The molecule has 1 aliphatic rings. The molecule has 0 spiro atoms. The average molecular weight is 309 g/mol. The van der Waals surface area contributed by atoms with Gasteiger partial charge in [0, 0.05) is 5.56 Å². The second-order valence-corrected chi connectivity index (χ2v) is 5.12. The van der Waals surface area contributed by atoms with Crippen LogP contribution >= 0.6 is 15.9 Å². The van der Waals surface area contributed by atoms with E-state index < -0.39 is 0 Å². The minimum atomic E-state index is -0.377. The Morgan fingerprint density at radius 1 is 1.61 bits per heavy atom. The summed E-state index contributed by atoms with van der Waals surface area (Å²) in [6.07, 6.45) is 2.04. The summed E-state index contributed by atoms with van der Waals surface area (Å²) in [5.41, 5.74) is 0.517. The van der Waals surface area contributed by atoms with E-state index in [0.29, 0.717) is 17.2 Å². The molecule has 1 atom stereocenters. The number of ether oxygens (including phenoxy) is 1. The third kappa shape index (κ3) is 2.82. The number of halogens is 1. The molecule has 1 N–H and O–H groups in total. The van der Waals surface area contributed by atoms with Gasteiger partial charge in [0.15, 0.2) is 0 Å². The van der Waals surface area contributed by atoms with Crippen LogP contribution in [0.3, 0.4) is 0 Å². The first kappa shape index (κ1) is 12.9. The monoisotopic (exact) mass is 308 g/mol. The van der Waals surface area contributed by atoms with Crippen molar-refractivity contribution in [2.24, 2.45) is 5.92 Å². The molecule has 0 aliphatic heterocycles. The van der Waals surface area contributed by atoms with Crippen LogP contribution < -0.4 is 10.1 Å². The van der Waals surface area contributed by atoms with Gasteiger partial charge in [0.1, 0.15) is 11.8 Å². The van der Waals surface area contributed by atoms with Gasteiger partial charge >= 0.3 is 0 Å². The highest BCUT2D eigenvalue weighted by Gasteiger charge is 2.32. The van der Waals surface area contributed by atoms with E-state index in [9.17, 15) is 4.79 Å². The van der Waals surface area contributed by atoms with E-state index >= 15 is 0 Å². The molecule has 1 saturated carbocycles. The Labute approximate surface area is 114 Å². The van der Waals surface area contributed by atoms with Gasteiger partial charge in [-0.25, -0.2) is 0 Å². The van der Waals surface area contributed by atoms with Crippen LogP contribution in [0.5, 0.6) is 5.75 Å². The molecule has 0 heterocycles. The van der Waals surface area contributed by atoms with E-state index in [1.165, 1.54) is 0 Å². The molecule has 0 saturated heterocycles. The van der Waals surface area contributed by atoms with Gasteiger partial charge in [-0.2, -0.15) is 5.26 Å². The van der Waals surface area contributed by atoms with Gasteiger partial charge in [0.25, 0.3) is 5.91 Å². The summed E-state index contributed by atoms with van der Waals surface area (Å²) < 4.78 is 5.82. The molecule has 0 aromatic heterocycles. The molecular weight excluding hydrogens is 296 g/mol. The van der Waals surface area contributed by atoms with Crippen molar-refractivity contribution in [3.05, 3.63) is 28.2 Å². The summed E-state index contributed by atoms with van der Waals surface area (Å²) >= 11 is 3.33. The zero-order chi connectivity index (χ0) is 13.1. The van der Waals surface area contributed by atoms with Crippen LogP contribution in [-0.2, 0) is 0 Å². The Kier molecular flexibility index (Phi) is 3.87. The molecule has 5 heteroatoms. The number of hydrogen-bond acceptors (Lipinski definition) is 3. The number of nitrogens with one attached hydrogen (secondary N) is 1. The van der Waals surface area contributed by atoms with Gasteiger partial charge in [-0.3, -0.25) is 4.79 Å². The Bertz CT molecular complexity index is 506. The van der Waals surface area contributed by atoms with Crippen LogP contribution in [0, 0.1) is 17.2 Å². The largest absolute Gasteiger partial charge is 0.496 e. The number of rotatable bonds is 4. The molecule has 4 nitrogen and oxygen atoms in total. The van der Waals surface area contributed by atoms with Crippen LogP contribution in [0.15, 0.2) is 22.7 Å². The number of amides is 1. The maximum atomic E-state index is 12.0. The van der Waals surface area contributed by atoms with Gasteiger partial charge in [-0.15, -0.1) is 0 Å². The number of nitriles is 1. The SMILES string of the molecule is COc1ccc(C(=O)NC(C#N)C2CC2)cc1Br. The van der Waals surface area contributed by atoms with Crippen molar-refractivity contribution in [3.63, 3.8) is 0 Å². The molecule has 18 heavy (non-hydrogen) atoms. The minimum absolute atomic E-state index is 0.225. The molecule has 2 rings (SSSR count). The second kappa shape index (κ2) is 5.40. The first-order valence-electron chi connectivity index (χ1n) is 5.69. The molecule has 1 aliphatic carbocycles. The fourth-order valence-corrected chi connectivity index (χ4v) is 2.26. The molecule has 1 amide bonds. The smallest absolute Gasteiger partial charge is 0.252 e. The van der Waals surface area contributed by atoms with Gasteiger partial charge in [-0.05, 0) is 52.9 Å². The molecule has 1 aromatic rings. The highest BCUT2D eigenvalue weighted by atomic mass is 79.9. The zero-order valence-corrected chi connectivity index (χ0v) is 11.5. The lowest BCUT2D eigenvalue weighted by Crippen LogP contribution is -2.35. The van der Waals surface area contributed by atoms with E-state index in [2.05, 4.69) is 27.3 Å². The molecule has 1 unspecified atom stereocenters. The topological polar surface area (TPSA) is 62.1 Å². The summed E-state index contributed by atoms with van der Waals surface area (Å²) in [6.45, 7) is 0. The first-order valence-corrected chi connectivity index (χ1v) is 6.49. The van der Waals surface area contributed by atoms with Crippen LogP contribution in [0.25, 0.3) is 0 Å². The lowest BCUT2D eigenvalue weighted by atomic mass is 10.1. The molecular formula is C13H13BrN2O2. The maximum absolute atomic E-state index is 12.0. The van der Waals surface area contributed by atoms with Crippen LogP contribution in [0.4, 0.5) is 0 Å². The van der Waals surface area contributed by atoms with Crippen LogP contribution in [0.1, 0.15) is 23.2 Å². The fourth-order valence-electron chi connectivity index (χ4n) is 1.72. The number of hydrogen-bond donors (Lipinski definition) is 1. The number of methoxy groups -OCH3 is 1. The summed E-state index contributed by atoms with van der Waals surface area (Å²) in [7, 11) is 1.57. The number of benzene rings is 1. The molecule has 0 radical (unpaired) electrons. The highest BCUT2D eigenvalue weighted by Crippen LogP contribution is 2.32. The zero-order valence-electron chi connectivity index (χ0n) is 9.94. The van der Waals surface area contributed by atoms with Crippen molar-refractivity contribution in [1.29, 1.82) is 5.26 Å². The lowest BCUT2D eigenvalue weighted by molar-refractivity contribution is 0.0942. The molecule has 1 fully saturated rings. The fraction of sp³-hybridized carbons (Fsp3) is 0.385. The lowest BCUT2D eigenvalue weighted by Gasteiger charge is -2.11. The predicted molar refractivity (Wildman–Crippen MR) is 70.3 cm³/mol. The Morgan fingerprint density at radius 3 is 2.83 bits per heavy atom. The van der Waals surface area contributed by atoms with E-state index in [1.54, 1.807) is 25.3 Å². The van der Waals surface area contributed by atoms with Crippen LogP contribution in [0.2, 0.25) is 0 Å². The Balaban J connectivity index is 2.09. The minimum Gasteiger partial charge on any atom is -0.496 e. The summed E-state index contributed by atoms with van der Waals surface area (Å²) in [5, 5.41) is 11.7. The van der Waals surface area contributed by atoms with Gasteiger partial charge < -0.3 is 10.1 Å². The van der Waals surface area contributed by atoms with Gasteiger partial charge in [0.05, 0.1) is 17.7 Å². The van der Waals surface area contributed by atoms with E-state index in [0.717, 1.165) is 17.3 Å². The highest BCUT2D eigenvalue weighted by molar-refractivity contribution is 9.10. The van der Waals surface area contributed by atoms with Gasteiger partial charge in [0.2, 0.25) is 0 Å². The third-order valence-corrected chi connectivity index (χ3v) is 3.55. The first-order chi connectivity index (χ1) is 8.65. The molecule has 0 bridgehead atoms. The quantitative estimate of drug-likeness (QED) is 0.929. The van der Waals surface area contributed by atoms with Crippen molar-refractivity contribution in [2.45, 2.75) is 18.9 Å². The van der Waals surface area contributed by atoms with Crippen molar-refractivity contribution in [1.82, 2.24) is 5.32 Å². The van der Waals surface area contributed by atoms with Gasteiger partial charge in [-0.1, -0.05) is 0 Å². The Morgan fingerprint density at radius 2 is 2.33 bits per heavy atom. The second-order valence-electron chi connectivity index (χ2n) is 4.27. The van der Waals surface area contributed by atoms with Crippen LogP contribution in [-0.4, -0.2) is 19.1 Å². The maximum Gasteiger partial charge on any atom is 0.252 e. The van der Waals surface area contributed by atoms with E-state index in [-0.39, 0.29) is 11.9 Å². The van der Waals surface area contributed by atoms with E-state index in [4.69, 9.17) is 10.00 Å². The standard InChI is InChI=1S/C13H13BrN2O2/c1-18-12-5-4-9(6-10(12)14)13(17)16-11(7-15)8-2-3-8/h4-6,8,11H,2-3H2,1H3,(H,16,17). The van der Waals surface area contributed by atoms with Crippen molar-refractivity contribution in [3.8, 4) is 11.8 Å². The number of carbonyl (C=O) groups is 1. The summed E-state index contributed by atoms with van der Waals surface area (Å²) in [4.78, 5) is 12.0. The summed E-state index contributed by atoms with van der Waals surface area (Å²) in [6, 6.07) is 6.85. The predicted octanol–water partition coefficient (Wildman–Crippen LogP) is 2.49. The van der Waals surface area contributed by atoms with Crippen molar-refractivity contribution < 1.29 is 9.53 Å². The normalized spacial score (nSPS) is 15.6. The average Bonchev–Trinajstić information content (AvgIpc) is 3.19. The number of nitrogens with zero attached hydrogens (tertiary/aromatic N) is 1. The van der Waals surface area contributed by atoms with E-state index in [1.807, 2.05) is 0 Å².